The summed E-state index contributed by atoms with van der Waals surface area (Å²) in [4.78, 5) is 12.1. The predicted molar refractivity (Wildman–Crippen MR) is 102 cm³/mol. The predicted octanol–water partition coefficient (Wildman–Crippen LogP) is 4.72. The first kappa shape index (κ1) is 16.9. The molecule has 4 heteroatoms. The van der Waals surface area contributed by atoms with E-state index in [0.717, 1.165) is 41.5 Å². The maximum absolute atomic E-state index is 12.1. The van der Waals surface area contributed by atoms with Crippen molar-refractivity contribution >= 4 is 11.0 Å². The molecule has 4 rings (SSSR count). The number of rotatable bonds is 4. The topological polar surface area (TPSA) is 48.7 Å². The third-order valence-corrected chi connectivity index (χ3v) is 4.86. The largest absolute Gasteiger partial charge is 0.491 e. The van der Waals surface area contributed by atoms with Gasteiger partial charge in [0.15, 0.2) is 0 Å². The quantitative estimate of drug-likeness (QED) is 0.639. The Bertz CT molecular complexity index is 967. The minimum absolute atomic E-state index is 0.143. The van der Waals surface area contributed by atoms with Crippen LogP contribution in [0.3, 0.4) is 0 Å². The Morgan fingerprint density at radius 1 is 1.08 bits per heavy atom. The normalized spacial score (nSPS) is 17.3. The molecule has 0 saturated carbocycles. The number of ether oxygens (including phenoxy) is 2. The van der Waals surface area contributed by atoms with Crippen molar-refractivity contribution in [2.75, 3.05) is 13.2 Å². The fraction of sp³-hybridized carbons (Fsp3) is 0.318. The molecule has 3 aromatic rings. The van der Waals surface area contributed by atoms with E-state index in [1.165, 1.54) is 6.42 Å². The molecule has 1 atom stereocenters. The van der Waals surface area contributed by atoms with Gasteiger partial charge in [-0.05, 0) is 49.4 Å². The third-order valence-electron chi connectivity index (χ3n) is 4.86. The molecule has 1 aliphatic rings. The zero-order valence-corrected chi connectivity index (χ0v) is 14.9. The van der Waals surface area contributed by atoms with Crippen LogP contribution >= 0.6 is 0 Å². The Hall–Kier alpha value is -2.59. The molecule has 0 bridgehead atoms. The van der Waals surface area contributed by atoms with Crippen molar-refractivity contribution in [1.29, 1.82) is 0 Å². The summed E-state index contributed by atoms with van der Waals surface area (Å²) in [6.45, 7) is 3.37. The van der Waals surface area contributed by atoms with E-state index in [4.69, 9.17) is 13.9 Å². The average molecular weight is 350 g/mol. The van der Waals surface area contributed by atoms with Crippen LogP contribution in [0.1, 0.15) is 24.8 Å². The third kappa shape index (κ3) is 3.51. The van der Waals surface area contributed by atoms with E-state index < -0.39 is 0 Å². The Morgan fingerprint density at radius 3 is 2.77 bits per heavy atom. The van der Waals surface area contributed by atoms with Crippen molar-refractivity contribution in [2.45, 2.75) is 32.3 Å². The fourth-order valence-corrected chi connectivity index (χ4v) is 3.46. The van der Waals surface area contributed by atoms with E-state index in [0.29, 0.717) is 17.9 Å². The zero-order chi connectivity index (χ0) is 17.9. The molecule has 4 nitrogen and oxygen atoms in total. The number of aryl methyl sites for hydroxylation is 1. The first-order chi connectivity index (χ1) is 12.7. The van der Waals surface area contributed by atoms with Crippen molar-refractivity contribution in [2.24, 2.45) is 0 Å². The van der Waals surface area contributed by atoms with Crippen LogP contribution in [0.25, 0.3) is 22.1 Å². The van der Waals surface area contributed by atoms with Gasteiger partial charge in [0.05, 0.1) is 6.10 Å². The molecule has 2 aromatic carbocycles. The van der Waals surface area contributed by atoms with E-state index in [1.807, 2.05) is 43.3 Å². The van der Waals surface area contributed by atoms with Crippen LogP contribution in [0.4, 0.5) is 0 Å². The molecule has 0 N–H and O–H groups in total. The van der Waals surface area contributed by atoms with Crippen molar-refractivity contribution in [1.82, 2.24) is 0 Å². The molecule has 1 aromatic heterocycles. The molecular formula is C22H22O4. The lowest BCUT2D eigenvalue weighted by atomic mass is 9.98. The average Bonchev–Trinajstić information content (AvgIpc) is 2.67. The fourth-order valence-electron chi connectivity index (χ4n) is 3.46. The maximum Gasteiger partial charge on any atom is 0.336 e. The molecule has 0 radical (unpaired) electrons. The second kappa shape index (κ2) is 7.34. The van der Waals surface area contributed by atoms with Gasteiger partial charge >= 0.3 is 5.63 Å². The molecule has 2 heterocycles. The molecule has 0 aliphatic carbocycles. The van der Waals surface area contributed by atoms with Crippen molar-refractivity contribution < 1.29 is 13.9 Å². The summed E-state index contributed by atoms with van der Waals surface area (Å²) >= 11 is 0. The standard InChI is InChI=1S/C22H22O4/c1-15-6-2-3-8-18(15)20-13-22(23)26-21-12-16(9-10-19(20)21)25-14-17-7-4-5-11-24-17/h2-3,6,8-10,12-13,17H,4-5,7,11,14H2,1H3/t17-/m1/s1. The van der Waals surface area contributed by atoms with E-state index in [2.05, 4.69) is 0 Å². The van der Waals surface area contributed by atoms with Gasteiger partial charge in [-0.3, -0.25) is 0 Å². The lowest BCUT2D eigenvalue weighted by molar-refractivity contribution is -0.0110. The summed E-state index contributed by atoms with van der Waals surface area (Å²) in [6.07, 6.45) is 3.48. The molecular weight excluding hydrogens is 328 g/mol. The second-order valence-corrected chi connectivity index (χ2v) is 6.75. The first-order valence-electron chi connectivity index (χ1n) is 9.09. The van der Waals surface area contributed by atoms with Crippen LogP contribution in [-0.2, 0) is 4.74 Å². The Labute approximate surface area is 152 Å². The highest BCUT2D eigenvalue weighted by Gasteiger charge is 2.15. The van der Waals surface area contributed by atoms with E-state index in [1.54, 1.807) is 12.1 Å². The highest BCUT2D eigenvalue weighted by molar-refractivity contribution is 5.94. The van der Waals surface area contributed by atoms with Crippen LogP contribution in [0.5, 0.6) is 5.75 Å². The Balaban J connectivity index is 1.66. The van der Waals surface area contributed by atoms with Crippen LogP contribution in [0.2, 0.25) is 0 Å². The molecule has 1 saturated heterocycles. The van der Waals surface area contributed by atoms with Crippen molar-refractivity contribution in [3.63, 3.8) is 0 Å². The van der Waals surface area contributed by atoms with Crippen LogP contribution < -0.4 is 10.4 Å². The lowest BCUT2D eigenvalue weighted by Crippen LogP contribution is -2.25. The zero-order valence-electron chi connectivity index (χ0n) is 14.9. The highest BCUT2D eigenvalue weighted by Crippen LogP contribution is 2.31. The summed E-state index contributed by atoms with van der Waals surface area (Å²) in [5.41, 5.74) is 3.22. The smallest absolute Gasteiger partial charge is 0.336 e. The van der Waals surface area contributed by atoms with Crippen LogP contribution in [0, 0.1) is 6.92 Å². The maximum atomic E-state index is 12.1. The van der Waals surface area contributed by atoms with E-state index in [-0.39, 0.29) is 11.7 Å². The first-order valence-corrected chi connectivity index (χ1v) is 9.09. The van der Waals surface area contributed by atoms with Gasteiger partial charge in [0, 0.05) is 29.7 Å². The molecule has 26 heavy (non-hydrogen) atoms. The molecule has 1 fully saturated rings. The monoisotopic (exact) mass is 350 g/mol. The molecule has 1 aliphatic heterocycles. The van der Waals surface area contributed by atoms with E-state index in [9.17, 15) is 4.79 Å². The minimum Gasteiger partial charge on any atom is -0.491 e. The summed E-state index contributed by atoms with van der Waals surface area (Å²) in [6, 6.07) is 15.3. The summed E-state index contributed by atoms with van der Waals surface area (Å²) in [7, 11) is 0. The van der Waals surface area contributed by atoms with Gasteiger partial charge in [0.2, 0.25) is 0 Å². The summed E-state index contributed by atoms with van der Waals surface area (Å²) in [5.74, 6) is 0.691. The molecule has 0 amide bonds. The van der Waals surface area contributed by atoms with Gasteiger partial charge in [-0.15, -0.1) is 0 Å². The lowest BCUT2D eigenvalue weighted by Gasteiger charge is -2.22. The van der Waals surface area contributed by atoms with Gasteiger partial charge in [-0.25, -0.2) is 4.79 Å². The van der Waals surface area contributed by atoms with Gasteiger partial charge < -0.3 is 13.9 Å². The Morgan fingerprint density at radius 2 is 1.96 bits per heavy atom. The Kier molecular flexibility index (Phi) is 4.76. The van der Waals surface area contributed by atoms with Gasteiger partial charge in [-0.1, -0.05) is 24.3 Å². The number of fused-ring (bicyclic) bond motifs is 1. The summed E-state index contributed by atoms with van der Waals surface area (Å²) in [5, 5.41) is 0.903. The summed E-state index contributed by atoms with van der Waals surface area (Å²) < 4.78 is 17.0. The number of hydrogen-bond donors (Lipinski definition) is 0. The number of hydrogen-bond acceptors (Lipinski definition) is 4. The van der Waals surface area contributed by atoms with Crippen molar-refractivity contribution in [3.8, 4) is 16.9 Å². The van der Waals surface area contributed by atoms with Gasteiger partial charge in [0.1, 0.15) is 17.9 Å². The van der Waals surface area contributed by atoms with E-state index >= 15 is 0 Å². The second-order valence-electron chi connectivity index (χ2n) is 6.75. The highest BCUT2D eigenvalue weighted by atomic mass is 16.5. The van der Waals surface area contributed by atoms with Crippen LogP contribution in [-0.4, -0.2) is 19.3 Å². The minimum atomic E-state index is -0.358. The van der Waals surface area contributed by atoms with Crippen LogP contribution in [0.15, 0.2) is 57.7 Å². The SMILES string of the molecule is Cc1ccccc1-c1cc(=O)oc2cc(OC[C@H]3CCCCO3)ccc12. The van der Waals surface area contributed by atoms with Gasteiger partial charge in [-0.2, -0.15) is 0 Å². The van der Waals surface area contributed by atoms with Gasteiger partial charge in [0.25, 0.3) is 0 Å². The number of benzene rings is 2. The molecule has 0 spiro atoms. The molecule has 134 valence electrons. The molecule has 0 unspecified atom stereocenters. The van der Waals surface area contributed by atoms with Crippen molar-refractivity contribution in [3.05, 3.63) is 64.5 Å².